The SMILES string of the molecule is O=CCC(O)C(O)C(O)CO.O=S(=O)(O)O. The summed E-state index contributed by atoms with van der Waals surface area (Å²) in [4.78, 5) is 9.82. The van der Waals surface area contributed by atoms with Gasteiger partial charge in [-0.1, -0.05) is 0 Å². The second-order valence-corrected chi connectivity index (χ2v) is 3.55. The molecule has 0 rings (SSSR count). The van der Waals surface area contributed by atoms with Crippen molar-refractivity contribution < 1.29 is 42.7 Å². The summed E-state index contributed by atoms with van der Waals surface area (Å²) < 4.78 is 31.6. The standard InChI is InChI=1S/C6H12O5.H2O4S/c7-2-1-4(9)6(11)5(10)3-8;1-5(2,3)4/h2,4-6,8-11H,1,3H2;(H2,1,2,3,4). The Morgan fingerprint density at radius 1 is 1.06 bits per heavy atom. The van der Waals surface area contributed by atoms with E-state index in [1.54, 1.807) is 0 Å². The van der Waals surface area contributed by atoms with E-state index in [0.717, 1.165) is 0 Å². The van der Waals surface area contributed by atoms with Gasteiger partial charge in [0, 0.05) is 6.42 Å². The molecule has 10 heteroatoms. The normalized spacial score (nSPS) is 16.6. The van der Waals surface area contributed by atoms with Crippen molar-refractivity contribution >= 4 is 16.7 Å². The molecule has 0 aromatic rings. The molecule has 0 aromatic heterocycles. The van der Waals surface area contributed by atoms with E-state index in [2.05, 4.69) is 0 Å². The van der Waals surface area contributed by atoms with Crippen molar-refractivity contribution in [2.75, 3.05) is 6.61 Å². The molecule has 0 aromatic carbocycles. The Labute approximate surface area is 91.5 Å². The second kappa shape index (κ2) is 8.52. The van der Waals surface area contributed by atoms with Gasteiger partial charge in [0.25, 0.3) is 0 Å². The van der Waals surface area contributed by atoms with E-state index in [-0.39, 0.29) is 6.42 Å². The Morgan fingerprint density at radius 2 is 1.44 bits per heavy atom. The molecule has 16 heavy (non-hydrogen) atoms. The highest BCUT2D eigenvalue weighted by Gasteiger charge is 2.23. The zero-order valence-electron chi connectivity index (χ0n) is 8.04. The van der Waals surface area contributed by atoms with Crippen molar-refractivity contribution in [2.24, 2.45) is 0 Å². The molecular formula is C6H14O9S. The van der Waals surface area contributed by atoms with Crippen LogP contribution in [0.25, 0.3) is 0 Å². The van der Waals surface area contributed by atoms with Crippen molar-refractivity contribution in [2.45, 2.75) is 24.7 Å². The van der Waals surface area contributed by atoms with Crippen LogP contribution in [-0.2, 0) is 15.2 Å². The summed E-state index contributed by atoms with van der Waals surface area (Å²) in [6, 6.07) is 0. The van der Waals surface area contributed by atoms with Gasteiger partial charge in [-0.15, -0.1) is 0 Å². The van der Waals surface area contributed by atoms with Crippen LogP contribution in [0.2, 0.25) is 0 Å². The number of hydrogen-bond acceptors (Lipinski definition) is 7. The summed E-state index contributed by atoms with van der Waals surface area (Å²) in [5, 5.41) is 34.8. The van der Waals surface area contributed by atoms with E-state index in [9.17, 15) is 4.79 Å². The Kier molecular flexibility index (Phi) is 9.46. The quantitative estimate of drug-likeness (QED) is 0.223. The van der Waals surface area contributed by atoms with E-state index in [0.29, 0.717) is 6.29 Å². The minimum Gasteiger partial charge on any atom is -0.394 e. The lowest BCUT2D eigenvalue weighted by atomic mass is 10.1. The number of hydrogen-bond donors (Lipinski definition) is 6. The van der Waals surface area contributed by atoms with Gasteiger partial charge in [-0.05, 0) is 0 Å². The minimum atomic E-state index is -4.67. The average molecular weight is 262 g/mol. The highest BCUT2D eigenvalue weighted by molar-refractivity contribution is 7.79. The lowest BCUT2D eigenvalue weighted by Crippen LogP contribution is -2.39. The Hall–Kier alpha value is -0.620. The van der Waals surface area contributed by atoms with Crippen LogP contribution in [0.15, 0.2) is 0 Å². The molecule has 0 radical (unpaired) electrons. The largest absolute Gasteiger partial charge is 0.394 e. The van der Waals surface area contributed by atoms with Crippen LogP contribution in [0.3, 0.4) is 0 Å². The molecule has 98 valence electrons. The average Bonchev–Trinajstić information content (AvgIpc) is 2.13. The third kappa shape index (κ3) is 13.4. The summed E-state index contributed by atoms with van der Waals surface area (Å²) in [7, 11) is -4.67. The summed E-state index contributed by atoms with van der Waals surface area (Å²) in [6.07, 6.45) is -4.00. The van der Waals surface area contributed by atoms with Gasteiger partial charge in [0.1, 0.15) is 18.5 Å². The molecule has 0 bridgehead atoms. The first kappa shape index (κ1) is 17.8. The fourth-order valence-corrected chi connectivity index (χ4v) is 0.602. The van der Waals surface area contributed by atoms with Gasteiger partial charge in [-0.25, -0.2) is 0 Å². The predicted octanol–water partition coefficient (Wildman–Crippen LogP) is -3.00. The van der Waals surface area contributed by atoms with Crippen molar-refractivity contribution in [3.05, 3.63) is 0 Å². The lowest BCUT2D eigenvalue weighted by molar-refractivity contribution is -0.115. The van der Waals surface area contributed by atoms with Gasteiger partial charge in [-0.2, -0.15) is 8.42 Å². The number of aliphatic hydroxyl groups excluding tert-OH is 4. The first-order valence-electron chi connectivity index (χ1n) is 3.92. The molecule has 0 aliphatic carbocycles. The summed E-state index contributed by atoms with van der Waals surface area (Å²) in [5.74, 6) is 0. The maximum atomic E-state index is 9.82. The highest BCUT2D eigenvalue weighted by atomic mass is 32.3. The van der Waals surface area contributed by atoms with Gasteiger partial charge in [-0.3, -0.25) is 9.11 Å². The Balaban J connectivity index is 0. The number of rotatable bonds is 5. The molecule has 9 nitrogen and oxygen atoms in total. The molecule has 3 unspecified atom stereocenters. The van der Waals surface area contributed by atoms with Gasteiger partial charge >= 0.3 is 10.4 Å². The minimum absolute atomic E-state index is 0.252. The van der Waals surface area contributed by atoms with Crippen molar-refractivity contribution in [1.82, 2.24) is 0 Å². The Morgan fingerprint density at radius 3 is 1.69 bits per heavy atom. The molecule has 0 spiro atoms. The van der Waals surface area contributed by atoms with E-state index in [4.69, 9.17) is 37.9 Å². The molecule has 0 amide bonds. The van der Waals surface area contributed by atoms with Crippen LogP contribution in [0.1, 0.15) is 6.42 Å². The number of aldehydes is 1. The molecule has 0 aliphatic heterocycles. The van der Waals surface area contributed by atoms with Crippen LogP contribution in [0.4, 0.5) is 0 Å². The van der Waals surface area contributed by atoms with Crippen LogP contribution in [0, 0.1) is 0 Å². The van der Waals surface area contributed by atoms with Crippen molar-refractivity contribution in [3.63, 3.8) is 0 Å². The first-order valence-corrected chi connectivity index (χ1v) is 5.31. The maximum absolute atomic E-state index is 9.82. The lowest BCUT2D eigenvalue weighted by Gasteiger charge is -2.19. The van der Waals surface area contributed by atoms with Gasteiger partial charge in [0.15, 0.2) is 0 Å². The van der Waals surface area contributed by atoms with E-state index in [1.165, 1.54) is 0 Å². The van der Waals surface area contributed by atoms with Crippen molar-refractivity contribution in [1.29, 1.82) is 0 Å². The highest BCUT2D eigenvalue weighted by Crippen LogP contribution is 2.01. The van der Waals surface area contributed by atoms with Gasteiger partial charge in [0.2, 0.25) is 0 Å². The molecule has 0 aliphatic rings. The first-order chi connectivity index (χ1) is 7.13. The number of carbonyl (C=O) groups is 1. The van der Waals surface area contributed by atoms with Crippen molar-refractivity contribution in [3.8, 4) is 0 Å². The zero-order valence-corrected chi connectivity index (χ0v) is 8.86. The molecule has 0 heterocycles. The predicted molar refractivity (Wildman–Crippen MR) is 50.0 cm³/mol. The molecule has 3 atom stereocenters. The molecular weight excluding hydrogens is 248 g/mol. The van der Waals surface area contributed by atoms with E-state index < -0.39 is 35.3 Å². The van der Waals surface area contributed by atoms with E-state index >= 15 is 0 Å². The molecule has 0 fully saturated rings. The van der Waals surface area contributed by atoms with Gasteiger partial charge in [0.05, 0.1) is 12.7 Å². The van der Waals surface area contributed by atoms with Crippen LogP contribution < -0.4 is 0 Å². The fraction of sp³-hybridized carbons (Fsp3) is 0.833. The fourth-order valence-electron chi connectivity index (χ4n) is 0.602. The third-order valence-electron chi connectivity index (χ3n) is 1.31. The molecule has 0 saturated carbocycles. The van der Waals surface area contributed by atoms with E-state index in [1.807, 2.05) is 0 Å². The third-order valence-corrected chi connectivity index (χ3v) is 1.31. The van der Waals surface area contributed by atoms with Crippen LogP contribution >= 0.6 is 0 Å². The second-order valence-electron chi connectivity index (χ2n) is 2.66. The maximum Gasteiger partial charge on any atom is 0.394 e. The zero-order chi connectivity index (χ0) is 13.4. The monoisotopic (exact) mass is 262 g/mol. The van der Waals surface area contributed by atoms with Gasteiger partial charge < -0.3 is 25.2 Å². The summed E-state index contributed by atoms with van der Waals surface area (Å²) in [6.45, 7) is -0.642. The smallest absolute Gasteiger partial charge is 0.394 e. The van der Waals surface area contributed by atoms with Crippen LogP contribution in [0.5, 0.6) is 0 Å². The number of carbonyl (C=O) groups excluding carboxylic acids is 1. The topological polar surface area (TPSA) is 173 Å². The molecule has 6 N–H and O–H groups in total. The molecule has 0 saturated heterocycles. The van der Waals surface area contributed by atoms with Crippen LogP contribution in [-0.4, -0.2) is 69.2 Å². The summed E-state index contributed by atoms with van der Waals surface area (Å²) >= 11 is 0. The Bertz CT molecular complexity index is 266. The number of aliphatic hydroxyl groups is 4. The summed E-state index contributed by atoms with van der Waals surface area (Å²) in [5.41, 5.74) is 0.